The van der Waals surface area contributed by atoms with Crippen molar-refractivity contribution in [2.75, 3.05) is 19.8 Å². The molecular weight excluding hydrogens is 292 g/mol. The fraction of sp³-hybridized carbons (Fsp3) is 0.412. The molecule has 4 N–H and O–H groups in total. The Morgan fingerprint density at radius 1 is 1.30 bits per heavy atom. The number of amides is 2. The van der Waals surface area contributed by atoms with Crippen molar-refractivity contribution in [1.82, 2.24) is 15.5 Å². The normalized spacial score (nSPS) is 20.0. The molecule has 0 spiro atoms. The highest BCUT2D eigenvalue weighted by atomic mass is 16.2. The van der Waals surface area contributed by atoms with Crippen LogP contribution in [0.25, 0.3) is 0 Å². The van der Waals surface area contributed by atoms with Crippen molar-refractivity contribution in [2.24, 2.45) is 5.73 Å². The maximum atomic E-state index is 12.3. The lowest BCUT2D eigenvalue weighted by atomic mass is 10.0. The van der Waals surface area contributed by atoms with Crippen molar-refractivity contribution >= 4 is 11.8 Å². The van der Waals surface area contributed by atoms with Crippen molar-refractivity contribution in [1.29, 1.82) is 0 Å². The standard InChI is InChI=1S/C17H24N4O2/c1-13-7-8-17(23)21(11-16(18)22)10-15(20-12-19-13)9-14-5-3-2-4-6-14/h2-6,15,19-20H,1,7-12H2,(H2,18,22)/t15-/m0/s1. The van der Waals surface area contributed by atoms with Gasteiger partial charge >= 0.3 is 0 Å². The Morgan fingerprint density at radius 3 is 2.74 bits per heavy atom. The van der Waals surface area contributed by atoms with E-state index in [0.29, 0.717) is 26.1 Å². The van der Waals surface area contributed by atoms with E-state index in [4.69, 9.17) is 5.73 Å². The molecule has 1 aliphatic heterocycles. The van der Waals surface area contributed by atoms with E-state index in [1.165, 1.54) is 5.56 Å². The molecule has 2 rings (SSSR count). The summed E-state index contributed by atoms with van der Waals surface area (Å²) in [6.07, 6.45) is 1.65. The van der Waals surface area contributed by atoms with E-state index in [0.717, 1.165) is 12.1 Å². The quantitative estimate of drug-likeness (QED) is 0.748. The molecule has 0 aromatic heterocycles. The van der Waals surface area contributed by atoms with Crippen LogP contribution in [-0.4, -0.2) is 42.5 Å². The Bertz CT molecular complexity index is 559. The highest BCUT2D eigenvalue weighted by molar-refractivity contribution is 5.84. The number of primary amides is 1. The fourth-order valence-electron chi connectivity index (χ4n) is 2.63. The zero-order valence-corrected chi connectivity index (χ0v) is 13.3. The third kappa shape index (κ3) is 5.75. The van der Waals surface area contributed by atoms with E-state index in [2.05, 4.69) is 17.2 Å². The zero-order valence-electron chi connectivity index (χ0n) is 13.3. The number of carbonyl (C=O) groups excluding carboxylic acids is 2. The number of rotatable bonds is 4. The Balaban J connectivity index is 2.11. The van der Waals surface area contributed by atoms with Crippen molar-refractivity contribution < 1.29 is 9.59 Å². The van der Waals surface area contributed by atoms with Crippen molar-refractivity contribution in [2.45, 2.75) is 25.3 Å². The average Bonchev–Trinajstić information content (AvgIpc) is 2.51. The van der Waals surface area contributed by atoms with Gasteiger partial charge in [-0.2, -0.15) is 0 Å². The largest absolute Gasteiger partial charge is 0.376 e. The van der Waals surface area contributed by atoms with Crippen LogP contribution in [-0.2, 0) is 16.0 Å². The lowest BCUT2D eigenvalue weighted by Gasteiger charge is -2.29. The van der Waals surface area contributed by atoms with Crippen LogP contribution in [0.1, 0.15) is 18.4 Å². The van der Waals surface area contributed by atoms with Gasteiger partial charge in [-0.25, -0.2) is 0 Å². The highest BCUT2D eigenvalue weighted by Gasteiger charge is 2.22. The maximum Gasteiger partial charge on any atom is 0.237 e. The molecule has 124 valence electrons. The molecule has 1 atom stereocenters. The first-order valence-electron chi connectivity index (χ1n) is 7.79. The number of allylic oxidation sites excluding steroid dienone is 1. The van der Waals surface area contributed by atoms with E-state index in [1.807, 2.05) is 30.3 Å². The van der Waals surface area contributed by atoms with Gasteiger partial charge in [0.2, 0.25) is 11.8 Å². The van der Waals surface area contributed by atoms with Crippen molar-refractivity contribution in [3.63, 3.8) is 0 Å². The van der Waals surface area contributed by atoms with Crippen molar-refractivity contribution in [3.05, 3.63) is 48.2 Å². The van der Waals surface area contributed by atoms with E-state index in [9.17, 15) is 9.59 Å². The van der Waals surface area contributed by atoms with E-state index in [-0.39, 0.29) is 18.5 Å². The number of nitrogens with two attached hydrogens (primary N) is 1. The molecule has 0 saturated carbocycles. The lowest BCUT2D eigenvalue weighted by molar-refractivity contribution is -0.135. The number of nitrogens with zero attached hydrogens (tertiary/aromatic N) is 1. The second-order valence-electron chi connectivity index (χ2n) is 5.79. The van der Waals surface area contributed by atoms with Gasteiger partial charge in [-0.05, 0) is 18.4 Å². The number of hydrogen-bond donors (Lipinski definition) is 3. The Hall–Kier alpha value is -2.34. The van der Waals surface area contributed by atoms with Crippen LogP contribution >= 0.6 is 0 Å². The van der Waals surface area contributed by atoms with E-state index < -0.39 is 5.91 Å². The van der Waals surface area contributed by atoms with Gasteiger partial charge in [0.25, 0.3) is 0 Å². The first kappa shape index (κ1) is 17.0. The van der Waals surface area contributed by atoms with Crippen LogP contribution in [0.2, 0.25) is 0 Å². The average molecular weight is 316 g/mol. The predicted octanol–water partition coefficient (Wildman–Crippen LogP) is 0.356. The molecule has 23 heavy (non-hydrogen) atoms. The third-order valence-electron chi connectivity index (χ3n) is 3.83. The summed E-state index contributed by atoms with van der Waals surface area (Å²) in [5.74, 6) is -0.570. The van der Waals surface area contributed by atoms with Crippen LogP contribution in [0, 0.1) is 0 Å². The molecule has 1 aromatic carbocycles. The van der Waals surface area contributed by atoms with Gasteiger partial charge < -0.3 is 16.0 Å². The summed E-state index contributed by atoms with van der Waals surface area (Å²) in [5.41, 5.74) is 7.27. The molecule has 6 heteroatoms. The van der Waals surface area contributed by atoms with E-state index >= 15 is 0 Å². The molecule has 0 radical (unpaired) electrons. The zero-order chi connectivity index (χ0) is 16.7. The summed E-state index contributed by atoms with van der Waals surface area (Å²) in [7, 11) is 0. The molecule has 0 bridgehead atoms. The third-order valence-corrected chi connectivity index (χ3v) is 3.83. The molecule has 1 aliphatic rings. The fourth-order valence-corrected chi connectivity index (χ4v) is 2.63. The minimum absolute atomic E-state index is 0.0269. The molecule has 1 saturated heterocycles. The van der Waals surface area contributed by atoms with Crippen LogP contribution < -0.4 is 16.4 Å². The second kappa shape index (κ2) is 8.33. The first-order valence-corrected chi connectivity index (χ1v) is 7.79. The molecule has 1 heterocycles. The minimum atomic E-state index is -0.495. The van der Waals surface area contributed by atoms with Crippen LogP contribution in [0.5, 0.6) is 0 Å². The monoisotopic (exact) mass is 316 g/mol. The Kier molecular flexibility index (Phi) is 6.17. The van der Waals surface area contributed by atoms with Crippen LogP contribution in [0.4, 0.5) is 0 Å². The summed E-state index contributed by atoms with van der Waals surface area (Å²) >= 11 is 0. The van der Waals surface area contributed by atoms with Gasteiger partial charge in [0.1, 0.15) is 0 Å². The summed E-state index contributed by atoms with van der Waals surface area (Å²) in [6, 6.07) is 10.1. The predicted molar refractivity (Wildman–Crippen MR) is 89.2 cm³/mol. The number of nitrogens with one attached hydrogen (secondary N) is 2. The van der Waals surface area contributed by atoms with E-state index in [1.54, 1.807) is 4.90 Å². The number of benzene rings is 1. The SMILES string of the molecule is C=C1CCC(=O)N(CC(N)=O)C[C@H](Cc2ccccc2)NCN1. The topological polar surface area (TPSA) is 87.5 Å². The Labute approximate surface area is 136 Å². The first-order chi connectivity index (χ1) is 11.0. The highest BCUT2D eigenvalue weighted by Crippen LogP contribution is 2.09. The molecule has 6 nitrogen and oxygen atoms in total. The van der Waals surface area contributed by atoms with Gasteiger partial charge in [0, 0.05) is 24.7 Å². The van der Waals surface area contributed by atoms with Gasteiger partial charge in [-0.3, -0.25) is 14.9 Å². The molecular formula is C17H24N4O2. The smallest absolute Gasteiger partial charge is 0.237 e. The molecule has 0 aliphatic carbocycles. The lowest BCUT2D eigenvalue weighted by Crippen LogP contribution is -2.50. The minimum Gasteiger partial charge on any atom is -0.376 e. The number of carbonyl (C=O) groups is 2. The number of hydrogen-bond acceptors (Lipinski definition) is 4. The second-order valence-corrected chi connectivity index (χ2v) is 5.79. The maximum absolute atomic E-state index is 12.3. The van der Waals surface area contributed by atoms with Gasteiger partial charge in [0.15, 0.2) is 0 Å². The summed E-state index contributed by atoms with van der Waals surface area (Å²) in [5, 5.41) is 6.55. The summed E-state index contributed by atoms with van der Waals surface area (Å²) in [6.45, 7) is 4.88. The molecule has 1 fully saturated rings. The van der Waals surface area contributed by atoms with Gasteiger partial charge in [-0.15, -0.1) is 0 Å². The Morgan fingerprint density at radius 2 is 2.04 bits per heavy atom. The van der Waals surface area contributed by atoms with Gasteiger partial charge in [0.05, 0.1) is 13.2 Å². The van der Waals surface area contributed by atoms with Crippen molar-refractivity contribution in [3.8, 4) is 0 Å². The molecule has 2 amide bonds. The summed E-state index contributed by atoms with van der Waals surface area (Å²) in [4.78, 5) is 25.1. The molecule has 1 aromatic rings. The van der Waals surface area contributed by atoms with Crippen LogP contribution in [0.15, 0.2) is 42.6 Å². The van der Waals surface area contributed by atoms with Crippen LogP contribution in [0.3, 0.4) is 0 Å². The van der Waals surface area contributed by atoms with Gasteiger partial charge in [-0.1, -0.05) is 36.9 Å². The molecule has 0 unspecified atom stereocenters. The summed E-state index contributed by atoms with van der Waals surface area (Å²) < 4.78 is 0.